The van der Waals surface area contributed by atoms with Crippen molar-refractivity contribution in [3.8, 4) is 0 Å². The number of phosphoric acid groups is 3. The third kappa shape index (κ3) is 5.98. The number of nitrogens with one attached hydrogen (secondary N) is 1. The fourth-order valence-electron chi connectivity index (χ4n) is 3.19. The maximum atomic E-state index is 12.2. The van der Waals surface area contributed by atoms with Crippen LogP contribution in [0.5, 0.6) is 0 Å². The van der Waals surface area contributed by atoms with Gasteiger partial charge < -0.3 is 40.3 Å². The van der Waals surface area contributed by atoms with E-state index in [1.807, 2.05) is 0 Å². The lowest BCUT2D eigenvalue weighted by molar-refractivity contribution is -0.0814. The Hall–Kier alpha value is -1.56. The van der Waals surface area contributed by atoms with Crippen molar-refractivity contribution in [2.45, 2.75) is 44.0 Å². The van der Waals surface area contributed by atoms with Gasteiger partial charge in [-0.15, -0.1) is 0 Å². The SMILES string of the molecule is CCC(OP(=O)(O)OP(=O)(O)OP(=O)(O)O)[C@H]1O[C@@H](n2cnc3c(=O)[nH]c(N)nc32)[C@H](O)[C@@H]1O. The lowest BCUT2D eigenvalue weighted by Gasteiger charge is -2.26. The highest BCUT2D eigenvalue weighted by molar-refractivity contribution is 7.66. The molecule has 3 heterocycles. The van der Waals surface area contributed by atoms with Gasteiger partial charge >= 0.3 is 23.5 Å². The minimum Gasteiger partial charge on any atom is -0.387 e. The van der Waals surface area contributed by atoms with Crippen LogP contribution in [0.4, 0.5) is 5.95 Å². The molecule has 192 valence electrons. The van der Waals surface area contributed by atoms with Crippen LogP contribution in [0.3, 0.4) is 0 Å². The topological polar surface area (TPSA) is 299 Å². The van der Waals surface area contributed by atoms with Crippen molar-refractivity contribution < 1.29 is 61.4 Å². The normalized spacial score (nSPS) is 28.0. The van der Waals surface area contributed by atoms with Gasteiger partial charge in [0, 0.05) is 0 Å². The van der Waals surface area contributed by atoms with Gasteiger partial charge in [-0.2, -0.15) is 13.6 Å². The summed E-state index contributed by atoms with van der Waals surface area (Å²) >= 11 is 0. The lowest BCUT2D eigenvalue weighted by atomic mass is 10.0. The fraction of sp³-hybridized carbons (Fsp3) is 0.583. The zero-order valence-electron chi connectivity index (χ0n) is 16.9. The first-order valence-electron chi connectivity index (χ1n) is 9.09. The molecule has 0 bridgehead atoms. The van der Waals surface area contributed by atoms with Crippen LogP contribution in [-0.2, 0) is 31.6 Å². The molecule has 0 aromatic carbocycles. The summed E-state index contributed by atoms with van der Waals surface area (Å²) in [5, 5.41) is 20.9. The second-order valence-corrected chi connectivity index (χ2v) is 11.3. The van der Waals surface area contributed by atoms with Gasteiger partial charge in [-0.1, -0.05) is 6.92 Å². The molecule has 34 heavy (non-hydrogen) atoms. The number of H-pyrrole nitrogens is 1. The van der Waals surface area contributed by atoms with Gasteiger partial charge in [-0.3, -0.25) is 18.9 Å². The highest BCUT2D eigenvalue weighted by Gasteiger charge is 2.50. The van der Waals surface area contributed by atoms with Crippen molar-refractivity contribution in [2.75, 3.05) is 5.73 Å². The summed E-state index contributed by atoms with van der Waals surface area (Å²) in [4.78, 5) is 58.1. The molecule has 0 radical (unpaired) electrons. The highest BCUT2D eigenvalue weighted by Crippen LogP contribution is 2.66. The van der Waals surface area contributed by atoms with Crippen molar-refractivity contribution >= 4 is 40.6 Å². The van der Waals surface area contributed by atoms with Gasteiger partial charge in [0.25, 0.3) is 5.56 Å². The Labute approximate surface area is 188 Å². The number of ether oxygens (including phenoxy) is 1. The number of aliphatic hydroxyl groups is 2. The molecule has 22 heteroatoms. The number of imidazole rings is 1. The van der Waals surface area contributed by atoms with Crippen LogP contribution in [0.15, 0.2) is 11.1 Å². The number of phosphoric ester groups is 1. The molecule has 0 aliphatic carbocycles. The molecular formula is C12H20N5O14P3. The predicted octanol–water partition coefficient (Wildman–Crippen LogP) is -1.56. The Morgan fingerprint density at radius 1 is 1.18 bits per heavy atom. The number of nitrogen functional groups attached to an aromatic ring is 1. The molecule has 1 fully saturated rings. The predicted molar refractivity (Wildman–Crippen MR) is 108 cm³/mol. The molecule has 1 aliphatic heterocycles. The van der Waals surface area contributed by atoms with Gasteiger partial charge in [-0.25, -0.2) is 18.7 Å². The van der Waals surface area contributed by atoms with Crippen LogP contribution in [0.2, 0.25) is 0 Å². The zero-order valence-corrected chi connectivity index (χ0v) is 19.6. The first-order chi connectivity index (χ1) is 15.5. The van der Waals surface area contributed by atoms with E-state index in [0.29, 0.717) is 0 Å². The summed E-state index contributed by atoms with van der Waals surface area (Å²) in [5.74, 6) is -0.275. The second kappa shape index (κ2) is 9.48. The molecule has 3 rings (SSSR count). The molecule has 0 saturated carbocycles. The van der Waals surface area contributed by atoms with E-state index in [1.54, 1.807) is 0 Å². The molecule has 0 amide bonds. The molecule has 1 saturated heterocycles. The Kier molecular flexibility index (Phi) is 7.54. The quantitative estimate of drug-likeness (QED) is 0.163. The number of aliphatic hydroxyl groups excluding tert-OH is 2. The van der Waals surface area contributed by atoms with Gasteiger partial charge in [0.15, 0.2) is 17.4 Å². The van der Waals surface area contributed by atoms with Crippen LogP contribution in [0.1, 0.15) is 19.6 Å². The molecule has 2 aromatic rings. The summed E-state index contributed by atoms with van der Waals surface area (Å²) in [5.41, 5.74) is 4.55. The first kappa shape index (κ1) is 27.0. The number of nitrogens with zero attached hydrogens (tertiary/aromatic N) is 3. The van der Waals surface area contributed by atoms with Gasteiger partial charge in [-0.05, 0) is 6.42 Å². The molecule has 2 aromatic heterocycles. The maximum Gasteiger partial charge on any atom is 0.490 e. The smallest absolute Gasteiger partial charge is 0.387 e. The molecule has 7 atom stereocenters. The van der Waals surface area contributed by atoms with E-state index < -0.39 is 59.7 Å². The van der Waals surface area contributed by atoms with E-state index in [-0.39, 0.29) is 23.5 Å². The van der Waals surface area contributed by atoms with Gasteiger partial charge in [0.1, 0.15) is 18.3 Å². The highest BCUT2D eigenvalue weighted by atomic mass is 31.3. The largest absolute Gasteiger partial charge is 0.490 e. The van der Waals surface area contributed by atoms with Crippen LogP contribution < -0.4 is 11.3 Å². The van der Waals surface area contributed by atoms with E-state index >= 15 is 0 Å². The Morgan fingerprint density at radius 2 is 1.82 bits per heavy atom. The number of nitrogens with two attached hydrogens (primary N) is 1. The lowest BCUT2D eigenvalue weighted by Crippen LogP contribution is -2.39. The summed E-state index contributed by atoms with van der Waals surface area (Å²) in [7, 11) is -16.9. The van der Waals surface area contributed by atoms with Crippen molar-refractivity contribution in [3.63, 3.8) is 0 Å². The van der Waals surface area contributed by atoms with Crippen LogP contribution in [-0.4, -0.2) is 73.7 Å². The van der Waals surface area contributed by atoms with Crippen molar-refractivity contribution in [2.24, 2.45) is 0 Å². The standard InChI is InChI=1S/C12H20N5O14P3/c1-2-4(29-33(24,25)31-34(26,27)30-32(21,22)23)8-6(18)7(19)11(28-8)17-3-14-5-9(17)15-12(13)16-10(5)20/h3-4,6-8,11,18-19H,2H2,1H3,(H,24,25)(H,26,27)(H2,21,22,23)(H3,13,15,16,20)/t4?,6-,7+,8+,11+/m0/s1. The van der Waals surface area contributed by atoms with E-state index in [2.05, 4.69) is 23.6 Å². The molecule has 0 spiro atoms. The Balaban J connectivity index is 1.83. The van der Waals surface area contributed by atoms with Crippen LogP contribution in [0.25, 0.3) is 11.2 Å². The number of fused-ring (bicyclic) bond motifs is 1. The van der Waals surface area contributed by atoms with Crippen molar-refractivity contribution in [3.05, 3.63) is 16.7 Å². The number of aromatic amines is 1. The molecule has 1 aliphatic rings. The minimum atomic E-state index is -5.77. The van der Waals surface area contributed by atoms with Crippen LogP contribution in [0, 0.1) is 0 Å². The fourth-order valence-corrected chi connectivity index (χ4v) is 6.46. The average Bonchev–Trinajstić information content (AvgIpc) is 3.19. The first-order valence-corrected chi connectivity index (χ1v) is 13.6. The number of hydrogen-bond acceptors (Lipinski definition) is 13. The number of hydrogen-bond donors (Lipinski definition) is 8. The molecule has 9 N–H and O–H groups in total. The van der Waals surface area contributed by atoms with E-state index in [9.17, 15) is 38.5 Å². The summed E-state index contributed by atoms with van der Waals surface area (Å²) < 4.78 is 53.1. The second-order valence-electron chi connectivity index (χ2n) is 6.89. The number of anilines is 1. The van der Waals surface area contributed by atoms with E-state index in [1.165, 1.54) is 6.92 Å². The summed E-state index contributed by atoms with van der Waals surface area (Å²) in [6, 6.07) is 0. The van der Waals surface area contributed by atoms with Crippen molar-refractivity contribution in [1.29, 1.82) is 0 Å². The Morgan fingerprint density at radius 3 is 2.41 bits per heavy atom. The van der Waals surface area contributed by atoms with Gasteiger partial charge in [0.05, 0.1) is 12.4 Å². The summed E-state index contributed by atoms with van der Waals surface area (Å²) in [6.45, 7) is 1.39. The van der Waals surface area contributed by atoms with Crippen LogP contribution >= 0.6 is 23.5 Å². The zero-order chi connectivity index (χ0) is 25.6. The molecule has 3 unspecified atom stereocenters. The monoisotopic (exact) mass is 551 g/mol. The summed E-state index contributed by atoms with van der Waals surface area (Å²) in [6.07, 6.45) is -7.15. The Bertz CT molecular complexity index is 1260. The third-order valence-corrected chi connectivity index (χ3v) is 8.32. The number of aromatic nitrogens is 4. The maximum absolute atomic E-state index is 12.2. The number of rotatable bonds is 9. The van der Waals surface area contributed by atoms with Crippen molar-refractivity contribution in [1.82, 2.24) is 19.5 Å². The van der Waals surface area contributed by atoms with E-state index in [0.717, 1.165) is 10.9 Å². The molecule has 19 nitrogen and oxygen atoms in total. The van der Waals surface area contributed by atoms with Gasteiger partial charge in [0.2, 0.25) is 5.95 Å². The minimum absolute atomic E-state index is 0.112. The average molecular weight is 551 g/mol. The molecular weight excluding hydrogens is 531 g/mol. The van der Waals surface area contributed by atoms with E-state index in [4.69, 9.17) is 24.8 Å². The third-order valence-electron chi connectivity index (χ3n) is 4.45.